The minimum absolute atomic E-state index is 0.0358. The van der Waals surface area contributed by atoms with Crippen LogP contribution in [0.3, 0.4) is 0 Å². The summed E-state index contributed by atoms with van der Waals surface area (Å²) in [6.07, 6.45) is 4.94. The molecule has 2 fully saturated rings. The molecule has 2 aromatic heterocycles. The highest BCUT2D eigenvalue weighted by atomic mass is 19.3. The Balaban J connectivity index is 1.80. The van der Waals surface area contributed by atoms with E-state index < -0.39 is 11.8 Å². The number of alkyl halides is 2. The maximum atomic E-state index is 15.0. The van der Waals surface area contributed by atoms with Crippen LogP contribution < -0.4 is 0 Å². The molecule has 30 heavy (non-hydrogen) atoms. The normalized spacial score (nSPS) is 26.7. The lowest BCUT2D eigenvalue weighted by atomic mass is 9.84. The average Bonchev–Trinajstić information content (AvgIpc) is 3.12. The summed E-state index contributed by atoms with van der Waals surface area (Å²) in [6, 6.07) is 5.40. The third-order valence-electron chi connectivity index (χ3n) is 6.55. The quantitative estimate of drug-likeness (QED) is 0.475. The van der Waals surface area contributed by atoms with Crippen molar-refractivity contribution in [2.24, 2.45) is 0 Å². The van der Waals surface area contributed by atoms with Crippen LogP contribution in [0.4, 0.5) is 14.5 Å². The van der Waals surface area contributed by atoms with Crippen LogP contribution in [0.2, 0.25) is 0 Å². The zero-order valence-electron chi connectivity index (χ0n) is 16.9. The summed E-state index contributed by atoms with van der Waals surface area (Å²) in [7, 11) is 0. The topological polar surface area (TPSA) is 44.3 Å². The van der Waals surface area contributed by atoms with Gasteiger partial charge in [0.1, 0.15) is 11.3 Å². The molecule has 1 aliphatic heterocycles. The Morgan fingerprint density at radius 2 is 2.10 bits per heavy atom. The Morgan fingerprint density at radius 3 is 2.87 bits per heavy atom. The van der Waals surface area contributed by atoms with Crippen LogP contribution in [0.25, 0.3) is 26.8 Å². The second kappa shape index (κ2) is 7.28. The number of hydrogen-bond acceptors (Lipinski definition) is 3. The first-order valence-electron chi connectivity index (χ1n) is 10.7. The van der Waals surface area contributed by atoms with Gasteiger partial charge in [-0.25, -0.2) is 18.6 Å². The monoisotopic (exact) mass is 410 g/mol. The van der Waals surface area contributed by atoms with Crippen LogP contribution >= 0.6 is 0 Å². The van der Waals surface area contributed by atoms with Crippen molar-refractivity contribution in [3.05, 3.63) is 41.6 Å². The predicted octanol–water partition coefficient (Wildman–Crippen LogP) is 6.17. The van der Waals surface area contributed by atoms with Gasteiger partial charge in [-0.15, -0.1) is 0 Å². The largest absolute Gasteiger partial charge is 0.378 e. The fourth-order valence-corrected chi connectivity index (χ4v) is 5.09. The van der Waals surface area contributed by atoms with Crippen molar-refractivity contribution >= 4 is 27.6 Å². The number of imidazole rings is 1. The molecule has 3 aromatic rings. The summed E-state index contributed by atoms with van der Waals surface area (Å²) >= 11 is 0. The van der Waals surface area contributed by atoms with Crippen molar-refractivity contribution < 1.29 is 13.5 Å². The molecule has 2 unspecified atom stereocenters. The van der Waals surface area contributed by atoms with Crippen molar-refractivity contribution in [2.75, 3.05) is 6.61 Å². The van der Waals surface area contributed by atoms with E-state index in [0.717, 1.165) is 35.7 Å². The molecular formula is C23H24F2N4O. The van der Waals surface area contributed by atoms with Gasteiger partial charge in [0.05, 0.1) is 35.8 Å². The summed E-state index contributed by atoms with van der Waals surface area (Å²) in [5, 5.41) is 0.804. The molecule has 3 heterocycles. The summed E-state index contributed by atoms with van der Waals surface area (Å²) < 4.78 is 37.8. The van der Waals surface area contributed by atoms with E-state index in [1.54, 1.807) is 18.3 Å². The maximum Gasteiger partial charge on any atom is 0.257 e. The van der Waals surface area contributed by atoms with E-state index in [-0.39, 0.29) is 18.6 Å². The molecular weight excluding hydrogens is 386 g/mol. The smallest absolute Gasteiger partial charge is 0.257 e. The molecule has 1 aliphatic carbocycles. The molecule has 7 heteroatoms. The van der Waals surface area contributed by atoms with E-state index in [1.165, 1.54) is 0 Å². The number of benzene rings is 1. The lowest BCUT2D eigenvalue weighted by Crippen LogP contribution is -2.34. The van der Waals surface area contributed by atoms with Crippen LogP contribution in [0, 0.1) is 6.57 Å². The standard InChI is InChI=1S/C23H24F2N4O/c1-14-11-16(8-10-30-14)29-21-17-12-15(26-2)6-7-19(17)27-13-20(21)28-22(29)18-5-3-4-9-23(18,24)25/h6-7,12-14,16,18H,3-5,8-11H2,1H3/t14-,16?,18?/m1/s1. The third kappa shape index (κ3) is 3.14. The van der Waals surface area contributed by atoms with Crippen molar-refractivity contribution in [3.63, 3.8) is 0 Å². The van der Waals surface area contributed by atoms with Gasteiger partial charge in [-0.05, 0) is 44.7 Å². The van der Waals surface area contributed by atoms with Crippen molar-refractivity contribution in [2.45, 2.75) is 69.4 Å². The van der Waals surface area contributed by atoms with Crippen molar-refractivity contribution in [3.8, 4) is 0 Å². The lowest BCUT2D eigenvalue weighted by Gasteiger charge is -2.35. The van der Waals surface area contributed by atoms with E-state index in [2.05, 4.69) is 14.4 Å². The number of nitrogens with zero attached hydrogens (tertiary/aromatic N) is 4. The zero-order valence-corrected chi connectivity index (χ0v) is 16.9. The minimum atomic E-state index is -2.76. The zero-order chi connectivity index (χ0) is 20.9. The van der Waals surface area contributed by atoms with E-state index >= 15 is 8.78 Å². The maximum absolute atomic E-state index is 15.0. The van der Waals surface area contributed by atoms with Crippen LogP contribution in [0.15, 0.2) is 24.4 Å². The SMILES string of the molecule is [C-]#[N+]c1ccc2ncc3nc(C4CCCCC4(F)F)n(C4CCO[C@H](C)C4)c3c2c1. The molecule has 5 nitrogen and oxygen atoms in total. The highest BCUT2D eigenvalue weighted by molar-refractivity contribution is 6.03. The van der Waals surface area contributed by atoms with Gasteiger partial charge in [0.2, 0.25) is 0 Å². The molecule has 0 N–H and O–H groups in total. The summed E-state index contributed by atoms with van der Waals surface area (Å²) in [5.74, 6) is -3.19. The molecule has 2 aliphatic rings. The Bertz CT molecular complexity index is 1150. The number of hydrogen-bond donors (Lipinski definition) is 0. The van der Waals surface area contributed by atoms with Crippen LogP contribution in [0.1, 0.15) is 63.2 Å². The van der Waals surface area contributed by atoms with Gasteiger partial charge in [-0.3, -0.25) is 4.98 Å². The number of rotatable bonds is 2. The molecule has 156 valence electrons. The summed E-state index contributed by atoms with van der Waals surface area (Å²) in [5.41, 5.74) is 2.70. The Morgan fingerprint density at radius 1 is 1.23 bits per heavy atom. The fourth-order valence-electron chi connectivity index (χ4n) is 5.09. The van der Waals surface area contributed by atoms with Crippen LogP contribution in [-0.2, 0) is 4.74 Å². The molecule has 1 aromatic carbocycles. The van der Waals surface area contributed by atoms with Gasteiger partial charge in [0, 0.05) is 24.5 Å². The Labute approximate surface area is 173 Å². The average molecular weight is 410 g/mol. The predicted molar refractivity (Wildman–Crippen MR) is 111 cm³/mol. The van der Waals surface area contributed by atoms with Gasteiger partial charge >= 0.3 is 0 Å². The van der Waals surface area contributed by atoms with Crippen molar-refractivity contribution in [1.29, 1.82) is 0 Å². The van der Waals surface area contributed by atoms with Gasteiger partial charge in [0.15, 0.2) is 5.69 Å². The van der Waals surface area contributed by atoms with E-state index in [4.69, 9.17) is 16.3 Å². The molecule has 3 atom stereocenters. The third-order valence-corrected chi connectivity index (χ3v) is 6.55. The van der Waals surface area contributed by atoms with E-state index in [9.17, 15) is 0 Å². The number of halogens is 2. The summed E-state index contributed by atoms with van der Waals surface area (Å²) in [6.45, 7) is 10.0. The summed E-state index contributed by atoms with van der Waals surface area (Å²) in [4.78, 5) is 12.8. The molecule has 5 rings (SSSR count). The van der Waals surface area contributed by atoms with Gasteiger partial charge in [-0.2, -0.15) is 0 Å². The first-order chi connectivity index (χ1) is 14.5. The van der Waals surface area contributed by atoms with Gasteiger partial charge < -0.3 is 9.30 Å². The molecule has 0 amide bonds. The van der Waals surface area contributed by atoms with E-state index in [1.807, 2.05) is 13.0 Å². The highest BCUT2D eigenvalue weighted by Gasteiger charge is 2.45. The number of aromatic nitrogens is 3. The van der Waals surface area contributed by atoms with Crippen LogP contribution in [-0.4, -0.2) is 33.2 Å². The van der Waals surface area contributed by atoms with E-state index in [0.29, 0.717) is 36.5 Å². The van der Waals surface area contributed by atoms with Crippen LogP contribution in [0.5, 0.6) is 0 Å². The first-order valence-corrected chi connectivity index (χ1v) is 10.7. The second-order valence-electron chi connectivity index (χ2n) is 8.56. The molecule has 1 saturated heterocycles. The molecule has 0 bridgehead atoms. The first kappa shape index (κ1) is 19.4. The molecule has 0 radical (unpaired) electrons. The highest BCUT2D eigenvalue weighted by Crippen LogP contribution is 2.47. The number of fused-ring (bicyclic) bond motifs is 3. The van der Waals surface area contributed by atoms with Gasteiger partial charge in [0.25, 0.3) is 5.92 Å². The second-order valence-corrected chi connectivity index (χ2v) is 8.56. The number of ether oxygens (including phenoxy) is 1. The molecule has 0 spiro atoms. The Hall–Kier alpha value is -2.59. The van der Waals surface area contributed by atoms with Gasteiger partial charge in [-0.1, -0.05) is 12.5 Å². The van der Waals surface area contributed by atoms with Crippen molar-refractivity contribution in [1.82, 2.24) is 14.5 Å². The fraction of sp³-hybridized carbons (Fsp3) is 0.522. The number of pyridine rings is 1. The Kier molecular flexibility index (Phi) is 4.70. The molecule has 1 saturated carbocycles. The minimum Gasteiger partial charge on any atom is -0.378 e. The lowest BCUT2D eigenvalue weighted by molar-refractivity contribution is -0.0593.